The van der Waals surface area contributed by atoms with Crippen molar-refractivity contribution in [1.29, 1.82) is 0 Å². The van der Waals surface area contributed by atoms with Crippen molar-refractivity contribution in [2.24, 2.45) is 0 Å². The number of nitrogen functional groups attached to an aromatic ring is 1. The van der Waals surface area contributed by atoms with Crippen LogP contribution in [0.5, 0.6) is 5.75 Å². The minimum absolute atomic E-state index is 0.0447. The number of anilines is 2. The molecule has 4 rings (SSSR count). The van der Waals surface area contributed by atoms with Gasteiger partial charge in [-0.25, -0.2) is 4.98 Å². The van der Waals surface area contributed by atoms with E-state index in [4.69, 9.17) is 10.5 Å². The second-order valence-electron chi connectivity index (χ2n) is 9.15. The van der Waals surface area contributed by atoms with Gasteiger partial charge in [0.2, 0.25) is 5.91 Å². The van der Waals surface area contributed by atoms with Gasteiger partial charge in [-0.15, -0.1) is 14.8 Å². The Morgan fingerprint density at radius 3 is 2.49 bits per heavy atom. The third kappa shape index (κ3) is 6.97. The molecule has 0 saturated carbocycles. The number of hydrogen-bond acceptors (Lipinski definition) is 8. The van der Waals surface area contributed by atoms with Crippen LogP contribution in [0.3, 0.4) is 0 Å². The van der Waals surface area contributed by atoms with Gasteiger partial charge in [0.1, 0.15) is 29.8 Å². The summed E-state index contributed by atoms with van der Waals surface area (Å²) in [5.41, 5.74) is 9.16. The van der Waals surface area contributed by atoms with Crippen LogP contribution in [-0.2, 0) is 4.79 Å². The van der Waals surface area contributed by atoms with Crippen molar-refractivity contribution < 1.29 is 27.5 Å². The molecule has 0 bridgehead atoms. The summed E-state index contributed by atoms with van der Waals surface area (Å²) >= 11 is 0. The molecule has 0 aliphatic rings. The highest BCUT2D eigenvalue weighted by molar-refractivity contribution is 6.01. The summed E-state index contributed by atoms with van der Waals surface area (Å²) in [6.45, 7) is -0.856. The van der Waals surface area contributed by atoms with Crippen molar-refractivity contribution in [3.05, 3.63) is 66.5 Å². The van der Waals surface area contributed by atoms with E-state index in [9.17, 15) is 22.8 Å². The summed E-state index contributed by atoms with van der Waals surface area (Å²) in [7, 11) is 5.10. The molecule has 214 valence electrons. The van der Waals surface area contributed by atoms with Crippen molar-refractivity contribution in [2.75, 3.05) is 45.3 Å². The van der Waals surface area contributed by atoms with Gasteiger partial charge < -0.3 is 26.0 Å². The summed E-state index contributed by atoms with van der Waals surface area (Å²) < 4.78 is 44.5. The van der Waals surface area contributed by atoms with E-state index in [0.717, 1.165) is 0 Å². The number of nitrogens with one attached hydrogen (secondary N) is 2. The van der Waals surface area contributed by atoms with Crippen molar-refractivity contribution in [3.63, 3.8) is 0 Å². The molecule has 2 aromatic heterocycles. The number of hydrogen-bond donors (Lipinski definition) is 3. The lowest BCUT2D eigenvalue weighted by atomic mass is 9.98. The lowest BCUT2D eigenvalue weighted by Gasteiger charge is -2.13. The predicted molar refractivity (Wildman–Crippen MR) is 147 cm³/mol. The minimum Gasteiger partial charge on any atom is -0.496 e. The number of ether oxygens (including phenoxy) is 1. The molecule has 0 saturated heterocycles. The Morgan fingerprint density at radius 1 is 1.12 bits per heavy atom. The van der Waals surface area contributed by atoms with E-state index in [1.165, 1.54) is 36.3 Å². The quantitative estimate of drug-likeness (QED) is 0.261. The van der Waals surface area contributed by atoms with Gasteiger partial charge in [-0.1, -0.05) is 24.3 Å². The number of halogens is 3. The number of likely N-dealkylation sites (N-methyl/N-ethyl adjacent to an activating group) is 1. The number of nitrogens with two attached hydrogens (primary N) is 1. The first-order chi connectivity index (χ1) is 19.5. The third-order valence-electron chi connectivity index (χ3n) is 5.82. The van der Waals surface area contributed by atoms with Crippen LogP contribution in [0.2, 0.25) is 0 Å². The maximum Gasteiger partial charge on any atom is 0.405 e. The molecule has 0 atom stereocenters. The molecule has 0 fully saturated rings. The van der Waals surface area contributed by atoms with Gasteiger partial charge in [0.15, 0.2) is 5.82 Å². The molecule has 0 aliphatic carbocycles. The van der Waals surface area contributed by atoms with Crippen LogP contribution < -0.4 is 21.1 Å². The summed E-state index contributed by atoms with van der Waals surface area (Å²) in [5.74, 6) is -1.04. The van der Waals surface area contributed by atoms with Gasteiger partial charge in [-0.3, -0.25) is 9.59 Å². The molecular weight excluding hydrogens is 541 g/mol. The zero-order valence-electron chi connectivity index (χ0n) is 22.4. The van der Waals surface area contributed by atoms with E-state index in [0.29, 0.717) is 40.1 Å². The van der Waals surface area contributed by atoms with Crippen LogP contribution in [0.1, 0.15) is 10.4 Å². The Kier molecular flexibility index (Phi) is 8.52. The summed E-state index contributed by atoms with van der Waals surface area (Å²) in [5, 5.41) is 13.4. The highest BCUT2D eigenvalue weighted by Crippen LogP contribution is 2.39. The molecule has 11 nitrogen and oxygen atoms in total. The van der Waals surface area contributed by atoms with Crippen LogP contribution >= 0.6 is 0 Å². The van der Waals surface area contributed by atoms with Gasteiger partial charge in [-0.2, -0.15) is 13.2 Å². The van der Waals surface area contributed by atoms with Crippen LogP contribution in [0.4, 0.5) is 24.7 Å². The fourth-order valence-corrected chi connectivity index (χ4v) is 3.97. The summed E-state index contributed by atoms with van der Waals surface area (Å²) in [6.07, 6.45) is -0.110. The molecule has 0 aliphatic heterocycles. The number of rotatable bonds is 9. The second kappa shape index (κ2) is 12.0. The number of amides is 2. The maximum atomic E-state index is 12.6. The molecular formula is C27H27F3N8O3. The first-order valence-corrected chi connectivity index (χ1v) is 12.2. The average Bonchev–Trinajstić information content (AvgIpc) is 3.32. The molecule has 4 N–H and O–H groups in total. The third-order valence-corrected chi connectivity index (χ3v) is 5.82. The predicted octanol–water partition coefficient (Wildman–Crippen LogP) is 3.40. The Hall–Kier alpha value is -4.98. The van der Waals surface area contributed by atoms with Crippen LogP contribution in [0.15, 0.2) is 60.9 Å². The number of aromatic nitrogens is 4. The molecule has 2 aromatic carbocycles. The molecule has 4 aromatic rings. The van der Waals surface area contributed by atoms with E-state index in [1.54, 1.807) is 36.4 Å². The van der Waals surface area contributed by atoms with Crippen molar-refractivity contribution in [2.45, 2.75) is 6.18 Å². The number of fused-ring (bicyclic) bond motifs is 1. The highest BCUT2D eigenvalue weighted by Gasteiger charge is 2.29. The Morgan fingerprint density at radius 2 is 1.83 bits per heavy atom. The first kappa shape index (κ1) is 29.0. The SMILES string of the molecule is COc1cc(-c2c(-c3ccc(NC(=O)/C=C/CN(C)C)cc3)nn3ncnc(N)c23)ccc1C(=O)NCC(F)(F)F. The maximum absolute atomic E-state index is 12.6. The van der Waals surface area contributed by atoms with Crippen LogP contribution in [-0.4, -0.2) is 77.0 Å². The smallest absolute Gasteiger partial charge is 0.405 e. The zero-order chi connectivity index (χ0) is 29.7. The van der Waals surface area contributed by atoms with Gasteiger partial charge >= 0.3 is 6.18 Å². The Balaban J connectivity index is 1.71. The van der Waals surface area contributed by atoms with Crippen molar-refractivity contribution in [3.8, 4) is 28.1 Å². The number of carbonyl (C=O) groups excluding carboxylic acids is 2. The number of methoxy groups -OCH3 is 1. The highest BCUT2D eigenvalue weighted by atomic mass is 19.4. The molecule has 14 heteroatoms. The van der Waals surface area contributed by atoms with E-state index in [2.05, 4.69) is 20.5 Å². The average molecular weight is 569 g/mol. The molecule has 2 amide bonds. The molecule has 2 heterocycles. The lowest BCUT2D eigenvalue weighted by Crippen LogP contribution is -2.33. The molecule has 0 unspecified atom stereocenters. The van der Waals surface area contributed by atoms with Gasteiger partial charge in [0.25, 0.3) is 5.91 Å². The van der Waals surface area contributed by atoms with E-state index >= 15 is 0 Å². The van der Waals surface area contributed by atoms with E-state index in [1.807, 2.05) is 24.3 Å². The Labute approximate surface area is 232 Å². The van der Waals surface area contributed by atoms with Crippen molar-refractivity contribution >= 4 is 28.8 Å². The fourth-order valence-electron chi connectivity index (χ4n) is 3.97. The lowest BCUT2D eigenvalue weighted by molar-refractivity contribution is -0.123. The monoisotopic (exact) mass is 568 g/mol. The topological polar surface area (TPSA) is 140 Å². The second-order valence-corrected chi connectivity index (χ2v) is 9.15. The summed E-state index contributed by atoms with van der Waals surface area (Å²) in [6, 6.07) is 11.3. The summed E-state index contributed by atoms with van der Waals surface area (Å²) in [4.78, 5) is 30.6. The van der Waals surface area contributed by atoms with Crippen LogP contribution in [0.25, 0.3) is 27.9 Å². The molecule has 41 heavy (non-hydrogen) atoms. The number of nitrogens with zero attached hydrogens (tertiary/aromatic N) is 5. The number of benzene rings is 2. The van der Waals surface area contributed by atoms with E-state index < -0.39 is 18.6 Å². The van der Waals surface area contributed by atoms with Gasteiger partial charge in [0, 0.05) is 29.4 Å². The fraction of sp³-hybridized carbons (Fsp3) is 0.222. The first-order valence-electron chi connectivity index (χ1n) is 12.2. The molecule has 0 spiro atoms. The molecule has 0 radical (unpaired) electrons. The van der Waals surface area contributed by atoms with Crippen LogP contribution in [0, 0.1) is 0 Å². The zero-order valence-corrected chi connectivity index (χ0v) is 22.4. The Bertz CT molecular complexity index is 1600. The normalized spacial score (nSPS) is 11.8. The minimum atomic E-state index is -4.56. The standard InChI is InChI=1S/C27H27F3N8O3/c1-37(2)12-4-5-21(39)35-18-9-6-16(7-10-18)23-22(24-25(31)33-15-34-38(24)36-23)17-8-11-19(20(13-17)41-3)26(40)32-14-27(28,29)30/h4-11,13,15H,12,14H2,1-3H3,(H,32,40)(H,35,39)(H2,31,33,34)/b5-4+. The van der Waals surface area contributed by atoms with Gasteiger partial charge in [0.05, 0.1) is 12.7 Å². The van der Waals surface area contributed by atoms with Gasteiger partial charge in [-0.05, 0) is 43.9 Å². The number of carbonyl (C=O) groups is 2. The largest absolute Gasteiger partial charge is 0.496 e. The van der Waals surface area contributed by atoms with E-state index in [-0.39, 0.29) is 23.0 Å². The van der Waals surface area contributed by atoms with Crippen molar-refractivity contribution in [1.82, 2.24) is 30.0 Å². The number of alkyl halides is 3.